The number of nitrogens with one attached hydrogen (secondary N) is 1. The van der Waals surface area contributed by atoms with Crippen molar-refractivity contribution in [3.05, 3.63) is 157 Å². The Morgan fingerprint density at radius 3 is 2.41 bits per heavy atom. The van der Waals surface area contributed by atoms with Crippen LogP contribution in [0.4, 0.5) is 0 Å². The van der Waals surface area contributed by atoms with E-state index in [1.165, 1.54) is 40.3 Å². The second kappa shape index (κ2) is 12.4. The molecule has 246 valence electrons. The Bertz CT molecular complexity index is 2890. The molecule has 3 heterocycles. The number of hydrogen-bond acceptors (Lipinski definition) is 5. The highest BCUT2D eigenvalue weighted by molar-refractivity contribution is 7.26. The summed E-state index contributed by atoms with van der Waals surface area (Å²) in [4.78, 5) is 5.28. The van der Waals surface area contributed by atoms with Crippen LogP contribution in [0.1, 0.15) is 23.7 Å². The van der Waals surface area contributed by atoms with E-state index in [0.29, 0.717) is 11.8 Å². The van der Waals surface area contributed by atoms with E-state index in [0.717, 1.165) is 57.2 Å². The molecule has 6 heteroatoms. The molecule has 10 rings (SSSR count). The van der Waals surface area contributed by atoms with Gasteiger partial charge >= 0.3 is 0 Å². The second-order valence-electron chi connectivity index (χ2n) is 13.2. The third-order valence-corrected chi connectivity index (χ3v) is 12.5. The van der Waals surface area contributed by atoms with E-state index in [-0.39, 0.29) is 6.17 Å². The lowest BCUT2D eigenvalue weighted by Gasteiger charge is -2.21. The fourth-order valence-corrected chi connectivity index (χ4v) is 9.99. The number of aliphatic imine (C=N–C) groups is 1. The molecule has 2 atom stereocenters. The topological polar surface area (TPSA) is 63.5 Å². The predicted octanol–water partition coefficient (Wildman–Crippen LogP) is 12.1. The lowest BCUT2D eigenvalue weighted by atomic mass is 9.97. The van der Waals surface area contributed by atoms with Crippen molar-refractivity contribution >= 4 is 90.8 Å². The Hall–Kier alpha value is -5.53. The summed E-state index contributed by atoms with van der Waals surface area (Å²) < 4.78 is 11.5. The maximum absolute atomic E-state index is 7.01. The summed E-state index contributed by atoms with van der Waals surface area (Å²) in [5.41, 5.74) is 13.1. The average Bonchev–Trinajstić information content (AvgIpc) is 3.88. The molecule has 0 bridgehead atoms. The van der Waals surface area contributed by atoms with E-state index in [2.05, 4.69) is 139 Å². The number of hydrogen-bond donors (Lipinski definition) is 2. The zero-order valence-corrected chi connectivity index (χ0v) is 29.3. The van der Waals surface area contributed by atoms with Crippen molar-refractivity contribution < 1.29 is 4.42 Å². The molecule has 0 saturated carbocycles. The molecular formula is C45H33N3OS2. The van der Waals surface area contributed by atoms with Crippen LogP contribution >= 0.6 is 22.7 Å². The minimum atomic E-state index is -0.308. The summed E-state index contributed by atoms with van der Waals surface area (Å²) in [5.74, 6) is 0.918. The van der Waals surface area contributed by atoms with Crippen LogP contribution in [0.3, 0.4) is 0 Å². The summed E-state index contributed by atoms with van der Waals surface area (Å²) in [7, 11) is 0. The van der Waals surface area contributed by atoms with Crippen LogP contribution in [-0.4, -0.2) is 12.4 Å². The van der Waals surface area contributed by atoms with Gasteiger partial charge in [0, 0.05) is 74.4 Å². The monoisotopic (exact) mass is 695 g/mol. The van der Waals surface area contributed by atoms with Crippen LogP contribution in [0.15, 0.2) is 155 Å². The number of nitrogens with zero attached hydrogens (tertiary/aromatic N) is 1. The Kier molecular flexibility index (Phi) is 7.34. The third kappa shape index (κ3) is 5.18. The number of allylic oxidation sites excluding steroid dienone is 3. The first-order valence-corrected chi connectivity index (χ1v) is 19.0. The number of furan rings is 1. The van der Waals surface area contributed by atoms with Gasteiger partial charge in [0.05, 0.1) is 0 Å². The lowest BCUT2D eigenvalue weighted by molar-refractivity contribution is 0.493. The standard InChI is InChI=1S/C45H33N3OS2/c46-44(48-45(47-26-27-11-2-1-3-12-27)35-19-9-18-34-30-14-5-7-21-38(30)51-43(34)35)28-23-24-39-36(25-28)41-31(15-10-22-40(41)50-39)33-17-8-16-32-29-13-4-6-20-37(29)49-42(32)33/h1-11,13-25,27,45,47H,12,26H2,(H2,46,48). The molecule has 51 heavy (non-hydrogen) atoms. The van der Waals surface area contributed by atoms with Gasteiger partial charge in [0.2, 0.25) is 0 Å². The first kappa shape index (κ1) is 30.3. The van der Waals surface area contributed by atoms with Gasteiger partial charge < -0.3 is 10.2 Å². The fraction of sp³-hybridized carbons (Fsp3) is 0.0889. The molecule has 9 aromatic rings. The number of amidine groups is 1. The van der Waals surface area contributed by atoms with E-state index < -0.39 is 0 Å². The van der Waals surface area contributed by atoms with Gasteiger partial charge in [-0.25, -0.2) is 4.99 Å². The largest absolute Gasteiger partial charge is 0.455 e. The number of thiophene rings is 2. The van der Waals surface area contributed by atoms with Gasteiger partial charge in [0.15, 0.2) is 0 Å². The fourth-order valence-electron chi connectivity index (χ4n) is 7.64. The molecule has 3 N–H and O–H groups in total. The van der Waals surface area contributed by atoms with Crippen molar-refractivity contribution in [3.63, 3.8) is 0 Å². The maximum atomic E-state index is 7.01. The Balaban J connectivity index is 1.10. The summed E-state index contributed by atoms with van der Waals surface area (Å²) in [6.45, 7) is 0.800. The van der Waals surface area contributed by atoms with Crippen molar-refractivity contribution in [2.24, 2.45) is 16.6 Å². The zero-order valence-electron chi connectivity index (χ0n) is 27.7. The second-order valence-corrected chi connectivity index (χ2v) is 15.4. The smallest absolute Gasteiger partial charge is 0.143 e. The van der Waals surface area contributed by atoms with Crippen molar-refractivity contribution in [1.29, 1.82) is 0 Å². The van der Waals surface area contributed by atoms with Gasteiger partial charge in [-0.2, -0.15) is 0 Å². The predicted molar refractivity (Wildman–Crippen MR) is 219 cm³/mol. The van der Waals surface area contributed by atoms with Crippen LogP contribution in [-0.2, 0) is 0 Å². The number of benzene rings is 6. The van der Waals surface area contributed by atoms with Crippen molar-refractivity contribution in [3.8, 4) is 11.1 Å². The number of rotatable bonds is 7. The van der Waals surface area contributed by atoms with E-state index in [4.69, 9.17) is 15.1 Å². The lowest BCUT2D eigenvalue weighted by Crippen LogP contribution is -2.28. The van der Waals surface area contributed by atoms with Crippen LogP contribution in [0.5, 0.6) is 0 Å². The molecule has 4 nitrogen and oxygen atoms in total. The van der Waals surface area contributed by atoms with Gasteiger partial charge in [-0.15, -0.1) is 22.7 Å². The Morgan fingerprint density at radius 1 is 0.725 bits per heavy atom. The molecule has 0 aliphatic heterocycles. The van der Waals surface area contributed by atoms with Crippen LogP contribution in [0.25, 0.3) is 73.4 Å². The van der Waals surface area contributed by atoms with Crippen LogP contribution in [0, 0.1) is 5.92 Å². The molecular weight excluding hydrogens is 663 g/mol. The Morgan fingerprint density at radius 2 is 1.49 bits per heavy atom. The highest BCUT2D eigenvalue weighted by Gasteiger charge is 2.20. The molecule has 3 aromatic heterocycles. The van der Waals surface area contributed by atoms with E-state index in [1.54, 1.807) is 11.3 Å². The highest BCUT2D eigenvalue weighted by atomic mass is 32.1. The minimum Gasteiger partial charge on any atom is -0.455 e. The van der Waals surface area contributed by atoms with Crippen LogP contribution < -0.4 is 11.1 Å². The molecule has 0 spiro atoms. The quantitative estimate of drug-likeness (QED) is 0.129. The maximum Gasteiger partial charge on any atom is 0.143 e. The van der Waals surface area contributed by atoms with Crippen molar-refractivity contribution in [1.82, 2.24) is 5.32 Å². The normalized spacial score (nSPS) is 15.7. The first-order valence-electron chi connectivity index (χ1n) is 17.4. The minimum absolute atomic E-state index is 0.308. The average molecular weight is 696 g/mol. The molecule has 0 saturated heterocycles. The molecule has 1 aliphatic rings. The molecule has 1 aliphatic carbocycles. The molecule has 2 unspecified atom stereocenters. The summed E-state index contributed by atoms with van der Waals surface area (Å²) >= 11 is 3.63. The Labute approximate surface area is 302 Å². The highest BCUT2D eigenvalue weighted by Crippen LogP contribution is 2.44. The van der Waals surface area contributed by atoms with Gasteiger partial charge in [-0.3, -0.25) is 5.32 Å². The van der Waals surface area contributed by atoms with Gasteiger partial charge in [-0.1, -0.05) is 109 Å². The van der Waals surface area contributed by atoms with Gasteiger partial charge in [-0.05, 0) is 54.3 Å². The zero-order chi connectivity index (χ0) is 33.9. The third-order valence-electron chi connectivity index (χ3n) is 10.1. The van der Waals surface area contributed by atoms with Crippen molar-refractivity contribution in [2.45, 2.75) is 12.6 Å². The molecule has 0 radical (unpaired) electrons. The summed E-state index contributed by atoms with van der Waals surface area (Å²) in [6.07, 6.45) is 9.46. The molecule has 6 aromatic carbocycles. The first-order chi connectivity index (χ1) is 25.2. The summed E-state index contributed by atoms with van der Waals surface area (Å²) in [6, 6.07) is 43.0. The molecule has 0 amide bonds. The van der Waals surface area contributed by atoms with Crippen LogP contribution in [0.2, 0.25) is 0 Å². The summed E-state index contributed by atoms with van der Waals surface area (Å²) in [5, 5.41) is 11.0. The number of para-hydroxylation sites is 2. The van der Waals surface area contributed by atoms with Gasteiger partial charge in [0.1, 0.15) is 23.2 Å². The van der Waals surface area contributed by atoms with Gasteiger partial charge in [0.25, 0.3) is 0 Å². The number of nitrogens with two attached hydrogens (primary N) is 1. The molecule has 0 fully saturated rings. The van der Waals surface area contributed by atoms with E-state index in [1.807, 2.05) is 23.5 Å². The number of fused-ring (bicyclic) bond motifs is 9. The van der Waals surface area contributed by atoms with E-state index >= 15 is 0 Å². The van der Waals surface area contributed by atoms with E-state index in [9.17, 15) is 0 Å². The SMILES string of the molecule is NC(=NC(NCC1C=CC=CC1)c1cccc2c1sc1ccccc12)c1ccc2sc3cccc(-c4cccc5c4oc4ccccc45)c3c2c1. The van der Waals surface area contributed by atoms with Crippen molar-refractivity contribution in [2.75, 3.05) is 6.54 Å².